The van der Waals surface area contributed by atoms with E-state index >= 15 is 0 Å². The van der Waals surface area contributed by atoms with Crippen molar-refractivity contribution in [3.63, 3.8) is 0 Å². The first-order valence-corrected chi connectivity index (χ1v) is 13.7. The van der Waals surface area contributed by atoms with Crippen molar-refractivity contribution in [1.82, 2.24) is 10.2 Å². The van der Waals surface area contributed by atoms with Gasteiger partial charge in [0.2, 0.25) is 11.8 Å². The van der Waals surface area contributed by atoms with Gasteiger partial charge in [0.05, 0.1) is 17.2 Å². The van der Waals surface area contributed by atoms with Crippen LogP contribution in [0.25, 0.3) is 0 Å². The molecule has 0 saturated carbocycles. The zero-order valence-corrected chi connectivity index (χ0v) is 22.4. The Kier molecular flexibility index (Phi) is 9.84. The fourth-order valence-electron chi connectivity index (χ4n) is 3.82. The number of anilines is 1. The van der Waals surface area contributed by atoms with Crippen LogP contribution in [0, 0.1) is 5.82 Å². The van der Waals surface area contributed by atoms with Crippen LogP contribution in [0.3, 0.4) is 0 Å². The van der Waals surface area contributed by atoms with Crippen molar-refractivity contribution in [3.05, 3.63) is 90.2 Å². The van der Waals surface area contributed by atoms with Gasteiger partial charge < -0.3 is 15.0 Å². The predicted molar refractivity (Wildman–Crippen MR) is 144 cm³/mol. The molecule has 8 nitrogen and oxygen atoms in total. The number of nitrogens with one attached hydrogen (secondary N) is 1. The van der Waals surface area contributed by atoms with Gasteiger partial charge in [-0.25, -0.2) is 12.8 Å². The van der Waals surface area contributed by atoms with Gasteiger partial charge in [-0.05, 0) is 74.9 Å². The summed E-state index contributed by atoms with van der Waals surface area (Å²) >= 11 is 0. The molecule has 202 valence electrons. The number of ether oxygens (including phenoxy) is 1. The molecular weight excluding hydrogens is 509 g/mol. The zero-order chi connectivity index (χ0) is 27.7. The van der Waals surface area contributed by atoms with E-state index < -0.39 is 34.3 Å². The topological polar surface area (TPSA) is 96.0 Å². The third-order valence-electron chi connectivity index (χ3n) is 5.83. The molecule has 3 aromatic carbocycles. The lowest BCUT2D eigenvalue weighted by molar-refractivity contribution is -0.139. The van der Waals surface area contributed by atoms with Gasteiger partial charge in [0, 0.05) is 13.1 Å². The van der Waals surface area contributed by atoms with E-state index in [4.69, 9.17) is 4.74 Å². The number of likely N-dealkylation sites (N-methyl/N-ethyl adjacent to an activating group) is 1. The number of halogens is 1. The Morgan fingerprint density at radius 1 is 0.947 bits per heavy atom. The molecule has 1 atom stereocenters. The van der Waals surface area contributed by atoms with Crippen LogP contribution >= 0.6 is 0 Å². The molecule has 38 heavy (non-hydrogen) atoms. The highest BCUT2D eigenvalue weighted by Crippen LogP contribution is 2.26. The highest BCUT2D eigenvalue weighted by molar-refractivity contribution is 7.92. The number of carbonyl (C=O) groups excluding carboxylic acids is 2. The van der Waals surface area contributed by atoms with E-state index in [9.17, 15) is 22.4 Å². The second-order valence-corrected chi connectivity index (χ2v) is 10.3. The molecule has 2 amide bonds. The zero-order valence-electron chi connectivity index (χ0n) is 21.6. The van der Waals surface area contributed by atoms with Crippen LogP contribution in [0.15, 0.2) is 83.8 Å². The van der Waals surface area contributed by atoms with Crippen LogP contribution in [0.1, 0.15) is 26.3 Å². The van der Waals surface area contributed by atoms with E-state index in [0.29, 0.717) is 30.2 Å². The van der Waals surface area contributed by atoms with Crippen LogP contribution < -0.4 is 14.4 Å². The van der Waals surface area contributed by atoms with Gasteiger partial charge >= 0.3 is 0 Å². The van der Waals surface area contributed by atoms with Crippen molar-refractivity contribution in [1.29, 1.82) is 0 Å². The summed E-state index contributed by atoms with van der Waals surface area (Å²) in [5.41, 5.74) is 0.888. The monoisotopic (exact) mass is 541 g/mol. The lowest BCUT2D eigenvalue weighted by atomic mass is 10.1. The molecule has 0 bridgehead atoms. The predicted octanol–water partition coefficient (Wildman–Crippen LogP) is 3.97. The van der Waals surface area contributed by atoms with E-state index in [0.717, 1.165) is 4.31 Å². The summed E-state index contributed by atoms with van der Waals surface area (Å²) < 4.78 is 47.4. The number of sulfonamides is 1. The average molecular weight is 542 g/mol. The largest absolute Gasteiger partial charge is 0.494 e. The summed E-state index contributed by atoms with van der Waals surface area (Å²) in [5, 5.41) is 2.70. The molecule has 0 saturated heterocycles. The number of para-hydroxylation sites is 1. The third kappa shape index (κ3) is 7.10. The van der Waals surface area contributed by atoms with E-state index in [-0.39, 0.29) is 17.3 Å². The Morgan fingerprint density at radius 2 is 1.58 bits per heavy atom. The molecule has 10 heteroatoms. The Hall–Kier alpha value is -3.92. The van der Waals surface area contributed by atoms with Crippen molar-refractivity contribution < 1.29 is 27.1 Å². The van der Waals surface area contributed by atoms with Gasteiger partial charge in [0.15, 0.2) is 0 Å². The summed E-state index contributed by atoms with van der Waals surface area (Å²) in [6.07, 6.45) is 0. The number of benzene rings is 3. The highest BCUT2D eigenvalue weighted by Gasteiger charge is 2.32. The maximum atomic E-state index is 13.8. The van der Waals surface area contributed by atoms with Crippen LogP contribution in [0.4, 0.5) is 10.1 Å². The molecule has 0 radical (unpaired) electrons. The van der Waals surface area contributed by atoms with Crippen molar-refractivity contribution in [2.45, 2.75) is 38.3 Å². The first-order valence-electron chi connectivity index (χ1n) is 12.3. The Labute approximate surface area is 223 Å². The quantitative estimate of drug-likeness (QED) is 0.374. The van der Waals surface area contributed by atoms with Gasteiger partial charge in [-0.1, -0.05) is 30.3 Å². The van der Waals surface area contributed by atoms with Crippen molar-refractivity contribution >= 4 is 27.5 Å². The SMILES string of the molecule is CCNC(=O)[C@@H](C)N(Cc1ccc(F)cc1)C(=O)CN(c1ccccc1)S(=O)(=O)c1ccc(OCC)cc1. The second kappa shape index (κ2) is 13.0. The molecule has 0 spiro atoms. The highest BCUT2D eigenvalue weighted by atomic mass is 32.2. The lowest BCUT2D eigenvalue weighted by Gasteiger charge is -2.32. The molecule has 1 N–H and O–H groups in total. The maximum Gasteiger partial charge on any atom is 0.264 e. The minimum Gasteiger partial charge on any atom is -0.494 e. The van der Waals surface area contributed by atoms with Gasteiger partial charge in [0.1, 0.15) is 24.2 Å². The summed E-state index contributed by atoms with van der Waals surface area (Å²) in [5.74, 6) is -0.884. The number of hydrogen-bond donors (Lipinski definition) is 1. The Bertz CT molecular complexity index is 1320. The number of amides is 2. The molecule has 3 rings (SSSR count). The molecule has 0 fully saturated rings. The Morgan fingerprint density at radius 3 is 2.16 bits per heavy atom. The standard InChI is InChI=1S/C28H32FN3O5S/c1-4-30-28(34)21(3)31(19-22-11-13-23(29)14-12-22)27(33)20-32(24-9-7-6-8-10-24)38(35,36)26-17-15-25(16-18-26)37-5-2/h6-18,21H,4-5,19-20H2,1-3H3,(H,30,34)/t21-/m1/s1. The average Bonchev–Trinajstić information content (AvgIpc) is 2.92. The van der Waals surface area contributed by atoms with Crippen LogP contribution in [-0.2, 0) is 26.2 Å². The van der Waals surface area contributed by atoms with Gasteiger partial charge in [-0.15, -0.1) is 0 Å². The second-order valence-electron chi connectivity index (χ2n) is 8.47. The van der Waals surface area contributed by atoms with Crippen molar-refractivity contribution in [3.8, 4) is 5.75 Å². The van der Waals surface area contributed by atoms with Gasteiger partial charge in [-0.2, -0.15) is 0 Å². The summed E-state index contributed by atoms with van der Waals surface area (Å²) in [7, 11) is -4.17. The fraction of sp³-hybridized carbons (Fsp3) is 0.286. The van der Waals surface area contributed by atoms with Crippen LogP contribution in [0.2, 0.25) is 0 Å². The molecule has 0 aromatic heterocycles. The number of hydrogen-bond acceptors (Lipinski definition) is 5. The Balaban J connectivity index is 1.98. The smallest absolute Gasteiger partial charge is 0.264 e. The number of rotatable bonds is 12. The van der Waals surface area contributed by atoms with Crippen molar-refractivity contribution in [2.75, 3.05) is 24.0 Å². The normalized spacial score (nSPS) is 11.9. The van der Waals surface area contributed by atoms with Crippen molar-refractivity contribution in [2.24, 2.45) is 0 Å². The fourth-order valence-corrected chi connectivity index (χ4v) is 5.23. The molecule has 0 aliphatic carbocycles. The number of carbonyl (C=O) groups is 2. The van der Waals surface area contributed by atoms with E-state index in [1.165, 1.54) is 41.3 Å². The minimum atomic E-state index is -4.17. The van der Waals surface area contributed by atoms with E-state index in [2.05, 4.69) is 5.32 Å². The van der Waals surface area contributed by atoms with Crippen LogP contribution in [0.5, 0.6) is 5.75 Å². The molecule has 0 unspecified atom stereocenters. The first kappa shape index (κ1) is 28.6. The first-order chi connectivity index (χ1) is 18.2. The summed E-state index contributed by atoms with van der Waals surface area (Å²) in [4.78, 5) is 27.7. The third-order valence-corrected chi connectivity index (χ3v) is 7.62. The van der Waals surface area contributed by atoms with Gasteiger partial charge in [-0.3, -0.25) is 13.9 Å². The van der Waals surface area contributed by atoms with E-state index in [1.54, 1.807) is 56.3 Å². The summed E-state index contributed by atoms with van der Waals surface area (Å²) in [6, 6.07) is 18.9. The lowest BCUT2D eigenvalue weighted by Crippen LogP contribution is -2.51. The molecule has 3 aromatic rings. The summed E-state index contributed by atoms with van der Waals surface area (Å²) in [6.45, 7) is 5.40. The van der Waals surface area contributed by atoms with Crippen LogP contribution in [-0.4, -0.2) is 50.9 Å². The molecule has 0 heterocycles. The molecule has 0 aliphatic heterocycles. The maximum absolute atomic E-state index is 13.8. The van der Waals surface area contributed by atoms with E-state index in [1.807, 2.05) is 6.92 Å². The molecular formula is C28H32FN3O5S. The number of nitrogens with zero attached hydrogens (tertiary/aromatic N) is 2. The van der Waals surface area contributed by atoms with Gasteiger partial charge in [0.25, 0.3) is 10.0 Å². The molecule has 0 aliphatic rings. The minimum absolute atomic E-state index is 0.0108.